The van der Waals surface area contributed by atoms with E-state index < -0.39 is 52.8 Å². The third-order valence-electron chi connectivity index (χ3n) is 7.21. The third-order valence-corrected chi connectivity index (χ3v) is 10.7. The summed E-state index contributed by atoms with van der Waals surface area (Å²) in [4.78, 5) is 60.6. The zero-order chi connectivity index (χ0) is 33.1. The first-order chi connectivity index (χ1) is 22.6. The Morgan fingerprint density at radius 1 is 0.936 bits per heavy atom. The van der Waals surface area contributed by atoms with Crippen LogP contribution in [0.5, 0.6) is 0 Å². The maximum Gasteiger partial charge on any atom is 0.413 e. The summed E-state index contributed by atoms with van der Waals surface area (Å²) in [6, 6.07) is 24.4. The second-order valence-electron chi connectivity index (χ2n) is 10.3. The average Bonchev–Trinajstić information content (AvgIpc) is 3.50. The highest BCUT2D eigenvalue weighted by atomic mass is 35.5. The van der Waals surface area contributed by atoms with E-state index in [-0.39, 0.29) is 23.2 Å². The van der Waals surface area contributed by atoms with Gasteiger partial charge < -0.3 is 9.64 Å². The van der Waals surface area contributed by atoms with Gasteiger partial charge in [-0.1, -0.05) is 72.3 Å². The molecule has 2 aromatic heterocycles. The van der Waals surface area contributed by atoms with Crippen LogP contribution in [0.4, 0.5) is 10.6 Å². The van der Waals surface area contributed by atoms with E-state index in [0.29, 0.717) is 19.5 Å². The minimum absolute atomic E-state index is 0.0851. The molecule has 0 spiro atoms. The number of benzene rings is 3. The minimum atomic E-state index is -4.25. The summed E-state index contributed by atoms with van der Waals surface area (Å²) < 4.78 is 34.1. The van der Waals surface area contributed by atoms with Gasteiger partial charge in [0.15, 0.2) is 6.10 Å². The molecule has 1 aliphatic heterocycles. The third kappa shape index (κ3) is 7.01. The Kier molecular flexibility index (Phi) is 9.02. The lowest BCUT2D eigenvalue weighted by Gasteiger charge is -2.33. The molecule has 13 nitrogen and oxygen atoms in total. The lowest BCUT2D eigenvalue weighted by molar-refractivity contribution is -0.142. The Morgan fingerprint density at radius 3 is 2.26 bits per heavy atom. The van der Waals surface area contributed by atoms with Gasteiger partial charge in [-0.3, -0.25) is 19.5 Å². The van der Waals surface area contributed by atoms with Crippen molar-refractivity contribution in [3.63, 3.8) is 0 Å². The first-order valence-electron chi connectivity index (χ1n) is 14.1. The number of halogens is 1. The number of fused-ring (bicyclic) bond motifs is 1. The van der Waals surface area contributed by atoms with Crippen molar-refractivity contribution in [1.82, 2.24) is 23.7 Å². The normalized spacial score (nSPS) is 13.6. The van der Waals surface area contributed by atoms with Crippen molar-refractivity contribution >= 4 is 66.9 Å². The molecule has 1 fully saturated rings. The number of thiazole rings is 1. The van der Waals surface area contributed by atoms with Gasteiger partial charge in [-0.15, -0.1) is 11.3 Å². The molecular formula is C31H25ClN6O7S2. The smallest absolute Gasteiger partial charge is 0.413 e. The number of carbonyl (C=O) groups excluding carboxylic acids is 3. The lowest BCUT2D eigenvalue weighted by atomic mass is 10.0. The van der Waals surface area contributed by atoms with Crippen molar-refractivity contribution in [2.45, 2.75) is 17.0 Å². The number of hydrogen-bond donors (Lipinski definition) is 1. The van der Waals surface area contributed by atoms with E-state index in [1.54, 1.807) is 12.1 Å². The minimum Gasteiger partial charge on any atom is -0.436 e. The number of rotatable bonds is 8. The highest BCUT2D eigenvalue weighted by Crippen LogP contribution is 2.30. The van der Waals surface area contributed by atoms with Crippen LogP contribution in [-0.2, 0) is 30.9 Å². The van der Waals surface area contributed by atoms with Crippen molar-refractivity contribution in [2.24, 2.45) is 0 Å². The Balaban J connectivity index is 1.07. The fraction of sp³-hybridized carbons (Fsp3) is 0.161. The van der Waals surface area contributed by atoms with Gasteiger partial charge in [0.25, 0.3) is 15.9 Å². The van der Waals surface area contributed by atoms with Crippen LogP contribution >= 0.6 is 22.9 Å². The fourth-order valence-electron chi connectivity index (χ4n) is 4.90. The van der Waals surface area contributed by atoms with Crippen LogP contribution in [0, 0.1) is 0 Å². The monoisotopic (exact) mass is 692 g/mol. The van der Waals surface area contributed by atoms with Crippen LogP contribution in [0.3, 0.4) is 0 Å². The van der Waals surface area contributed by atoms with Crippen molar-refractivity contribution in [3.05, 3.63) is 118 Å². The summed E-state index contributed by atoms with van der Waals surface area (Å²) in [6.07, 6.45) is -0.283. The Bertz CT molecular complexity index is 2100. The maximum atomic E-state index is 13.2. The number of anilines is 1. The SMILES string of the molecule is O=C(Nc1ccn(CC(=O)N2CCN(S(=O)(=O)c3nc4cc(Cl)ccc4s3)C(=O)C2)c(=O)n1)OC(c1ccccc1)c1ccccc1. The first-order valence-corrected chi connectivity index (χ1v) is 16.8. The van der Waals surface area contributed by atoms with Crippen molar-refractivity contribution < 1.29 is 27.5 Å². The predicted octanol–water partition coefficient (Wildman–Crippen LogP) is 3.90. The van der Waals surface area contributed by atoms with Gasteiger partial charge in [-0.2, -0.15) is 13.4 Å². The fourth-order valence-corrected chi connectivity index (χ4v) is 7.75. The van der Waals surface area contributed by atoms with Crippen LogP contribution in [0.1, 0.15) is 17.2 Å². The van der Waals surface area contributed by atoms with E-state index in [1.165, 1.54) is 18.3 Å². The number of carbonyl (C=O) groups is 3. The molecule has 47 heavy (non-hydrogen) atoms. The second kappa shape index (κ2) is 13.3. The molecule has 0 aliphatic carbocycles. The second-order valence-corrected chi connectivity index (χ2v) is 13.8. The standard InChI is InChI=1S/C31H25ClN6O7S2/c32-22-11-12-24-23(17-22)33-31(46-24)47(43,44)38-16-15-36(19-27(38)40)26(39)18-37-14-13-25(34-29(37)41)35-30(42)45-28(20-7-3-1-4-8-20)21-9-5-2-6-10-21/h1-14,17,28H,15-16,18-19H2,(H,34,35,41,42). The number of nitrogens with zero attached hydrogens (tertiary/aromatic N) is 5. The van der Waals surface area contributed by atoms with Crippen molar-refractivity contribution in [1.29, 1.82) is 0 Å². The summed E-state index contributed by atoms with van der Waals surface area (Å²) in [5, 5.41) is 2.84. The van der Waals surface area contributed by atoms with Gasteiger partial charge in [-0.05, 0) is 35.4 Å². The first kappa shape index (κ1) is 31.8. The highest BCUT2D eigenvalue weighted by molar-refractivity contribution is 7.91. The summed E-state index contributed by atoms with van der Waals surface area (Å²) in [5.74, 6) is -1.49. The molecule has 1 N–H and O–H groups in total. The molecule has 0 unspecified atom stereocenters. The number of nitrogens with one attached hydrogen (secondary N) is 1. The van der Waals surface area contributed by atoms with E-state index >= 15 is 0 Å². The number of amides is 3. The molecule has 240 valence electrons. The summed E-state index contributed by atoms with van der Waals surface area (Å²) in [7, 11) is -4.25. The highest BCUT2D eigenvalue weighted by Gasteiger charge is 2.37. The number of aromatic nitrogens is 3. The maximum absolute atomic E-state index is 13.2. The van der Waals surface area contributed by atoms with E-state index in [9.17, 15) is 27.6 Å². The molecule has 3 heterocycles. The Labute approximate surface area is 277 Å². The number of piperazine rings is 1. The molecule has 5 aromatic rings. The number of ether oxygens (including phenoxy) is 1. The van der Waals surface area contributed by atoms with Gasteiger partial charge in [-0.25, -0.2) is 18.9 Å². The van der Waals surface area contributed by atoms with E-state index in [2.05, 4.69) is 15.3 Å². The zero-order valence-corrected chi connectivity index (χ0v) is 26.7. The van der Waals surface area contributed by atoms with Crippen LogP contribution in [-0.4, -0.2) is 69.7 Å². The average molecular weight is 693 g/mol. The van der Waals surface area contributed by atoms with Crippen LogP contribution in [0.15, 0.2) is 100 Å². The molecule has 16 heteroatoms. The van der Waals surface area contributed by atoms with E-state index in [4.69, 9.17) is 16.3 Å². The summed E-state index contributed by atoms with van der Waals surface area (Å²) in [5.41, 5.74) is 1.05. The molecular weight excluding hydrogens is 668 g/mol. The van der Waals surface area contributed by atoms with E-state index in [1.807, 2.05) is 60.7 Å². The van der Waals surface area contributed by atoms with Crippen molar-refractivity contribution in [3.8, 4) is 0 Å². The Morgan fingerprint density at radius 2 is 1.62 bits per heavy atom. The van der Waals surface area contributed by atoms with E-state index in [0.717, 1.165) is 31.9 Å². The molecule has 0 saturated carbocycles. The molecule has 0 radical (unpaired) electrons. The quantitative estimate of drug-likeness (QED) is 0.254. The number of sulfonamides is 1. The molecule has 3 amide bonds. The summed E-state index contributed by atoms with van der Waals surface area (Å²) in [6.45, 7) is -1.33. The number of hydrogen-bond acceptors (Lipinski definition) is 10. The van der Waals surface area contributed by atoms with Gasteiger partial charge in [0.05, 0.1) is 16.8 Å². The predicted molar refractivity (Wildman–Crippen MR) is 173 cm³/mol. The Hall–Kier alpha value is -5.12. The molecule has 1 saturated heterocycles. The van der Waals surface area contributed by atoms with Crippen LogP contribution in [0.2, 0.25) is 5.02 Å². The lowest BCUT2D eigenvalue weighted by Crippen LogP contribution is -2.54. The largest absolute Gasteiger partial charge is 0.436 e. The summed E-state index contributed by atoms with van der Waals surface area (Å²) >= 11 is 6.89. The van der Waals surface area contributed by atoms with Gasteiger partial charge >= 0.3 is 11.8 Å². The van der Waals surface area contributed by atoms with Gasteiger partial charge in [0.2, 0.25) is 10.2 Å². The molecule has 6 rings (SSSR count). The van der Waals surface area contributed by atoms with Gasteiger partial charge in [0.1, 0.15) is 18.9 Å². The van der Waals surface area contributed by atoms with Crippen LogP contribution < -0.4 is 11.0 Å². The topological polar surface area (TPSA) is 161 Å². The molecule has 0 atom stereocenters. The van der Waals surface area contributed by atoms with Crippen molar-refractivity contribution in [2.75, 3.05) is 25.0 Å². The van der Waals surface area contributed by atoms with Crippen LogP contribution in [0.25, 0.3) is 10.2 Å². The molecule has 1 aliphatic rings. The molecule has 0 bridgehead atoms. The zero-order valence-electron chi connectivity index (χ0n) is 24.4. The van der Waals surface area contributed by atoms with Gasteiger partial charge in [0, 0.05) is 17.8 Å². The molecule has 3 aromatic carbocycles.